The van der Waals surface area contributed by atoms with Crippen molar-refractivity contribution in [1.82, 2.24) is 0 Å². The summed E-state index contributed by atoms with van der Waals surface area (Å²) in [6.07, 6.45) is 11.8. The number of hydrogen-bond donors (Lipinski definition) is 2. The van der Waals surface area contributed by atoms with Crippen LogP contribution in [0.1, 0.15) is 92.4 Å². The van der Waals surface area contributed by atoms with E-state index in [0.29, 0.717) is 6.42 Å². The van der Waals surface area contributed by atoms with Gasteiger partial charge in [-0.15, -0.1) is 0 Å². The Morgan fingerprint density at radius 1 is 0.972 bits per heavy atom. The maximum Gasteiger partial charge on any atom is 0.188 e. The highest BCUT2D eigenvalue weighted by molar-refractivity contribution is 6.05. The van der Waals surface area contributed by atoms with Crippen molar-refractivity contribution in [2.45, 2.75) is 98.0 Å². The standard InChI is InChI=1S/C31H41NO4/c1-25(2)20-6-7-27(4)21(26(20,3)15-19(17-32)24(25)35)14-23(34)31(36)22-16-29(9-10-29)11-13-30(22,18-33)12-8-28(27,31)5/h14-15,20,22,33,36H,6-13,16,18H2,1-5H3/t20-,22+,26-,27+,28-,30-,31+/m0/s1. The average molecular weight is 492 g/mol. The van der Waals surface area contributed by atoms with Crippen LogP contribution in [0.15, 0.2) is 23.3 Å². The van der Waals surface area contributed by atoms with Crippen molar-refractivity contribution >= 4 is 11.6 Å². The Bertz CT molecular complexity index is 1190. The molecule has 6 rings (SSSR count). The van der Waals surface area contributed by atoms with Gasteiger partial charge >= 0.3 is 0 Å². The van der Waals surface area contributed by atoms with Gasteiger partial charge in [0.2, 0.25) is 0 Å². The minimum atomic E-state index is -1.52. The van der Waals surface area contributed by atoms with Crippen LogP contribution in [0.5, 0.6) is 0 Å². The molecule has 0 aromatic carbocycles. The fraction of sp³-hybridized carbons (Fsp3) is 0.774. The van der Waals surface area contributed by atoms with Gasteiger partial charge in [0, 0.05) is 28.8 Å². The molecule has 0 aromatic rings. The van der Waals surface area contributed by atoms with Gasteiger partial charge < -0.3 is 10.2 Å². The Labute approximate surface area is 215 Å². The predicted molar refractivity (Wildman–Crippen MR) is 135 cm³/mol. The number of nitrogens with zero attached hydrogens (tertiary/aromatic N) is 1. The average Bonchev–Trinajstić information content (AvgIpc) is 3.60. The van der Waals surface area contributed by atoms with E-state index in [1.165, 1.54) is 0 Å². The molecule has 0 unspecified atom stereocenters. The van der Waals surface area contributed by atoms with E-state index >= 15 is 0 Å². The normalized spacial score (nSPS) is 50.1. The van der Waals surface area contributed by atoms with Gasteiger partial charge in [0.15, 0.2) is 11.6 Å². The van der Waals surface area contributed by atoms with Crippen molar-refractivity contribution in [2.75, 3.05) is 6.61 Å². The molecule has 4 fully saturated rings. The first-order valence-corrected chi connectivity index (χ1v) is 14.0. The van der Waals surface area contributed by atoms with Crippen molar-refractivity contribution in [1.29, 1.82) is 5.26 Å². The lowest BCUT2D eigenvalue weighted by molar-refractivity contribution is -0.248. The second-order valence-electron chi connectivity index (χ2n) is 14.7. The number of allylic oxidation sites excluding steroid dienone is 3. The summed E-state index contributed by atoms with van der Waals surface area (Å²) in [5, 5.41) is 33.3. The van der Waals surface area contributed by atoms with E-state index in [-0.39, 0.29) is 41.0 Å². The van der Waals surface area contributed by atoms with Gasteiger partial charge in [0.1, 0.15) is 11.7 Å². The lowest BCUT2D eigenvalue weighted by Gasteiger charge is -2.71. The Morgan fingerprint density at radius 3 is 2.22 bits per heavy atom. The van der Waals surface area contributed by atoms with E-state index < -0.39 is 32.7 Å². The number of fused-ring (bicyclic) bond motifs is 7. The quantitative estimate of drug-likeness (QED) is 0.534. The summed E-state index contributed by atoms with van der Waals surface area (Å²) >= 11 is 0. The number of carbonyl (C=O) groups excluding carboxylic acids is 2. The molecule has 36 heavy (non-hydrogen) atoms. The zero-order valence-electron chi connectivity index (χ0n) is 22.5. The number of hydrogen-bond acceptors (Lipinski definition) is 5. The molecule has 4 saturated carbocycles. The van der Waals surface area contributed by atoms with Crippen molar-refractivity contribution in [3.8, 4) is 6.07 Å². The van der Waals surface area contributed by atoms with Crippen molar-refractivity contribution in [3.05, 3.63) is 23.3 Å². The predicted octanol–water partition coefficient (Wildman–Crippen LogP) is 5.07. The highest BCUT2D eigenvalue weighted by Gasteiger charge is 2.76. The molecule has 0 heterocycles. The van der Waals surface area contributed by atoms with E-state index in [4.69, 9.17) is 0 Å². The molecular weight excluding hydrogens is 450 g/mol. The number of rotatable bonds is 1. The third kappa shape index (κ3) is 2.50. The molecule has 0 aromatic heterocycles. The van der Waals surface area contributed by atoms with Crippen LogP contribution in [-0.4, -0.2) is 34.0 Å². The van der Waals surface area contributed by atoms with Gasteiger partial charge in [-0.05, 0) is 91.6 Å². The molecule has 194 valence electrons. The molecule has 0 bridgehead atoms. The van der Waals surface area contributed by atoms with Crippen molar-refractivity contribution in [3.63, 3.8) is 0 Å². The summed E-state index contributed by atoms with van der Waals surface area (Å²) in [5.74, 6) is -0.585. The Balaban J connectivity index is 1.56. The molecule has 5 nitrogen and oxygen atoms in total. The molecule has 1 spiro atoms. The van der Waals surface area contributed by atoms with Gasteiger partial charge in [-0.3, -0.25) is 9.59 Å². The number of ketones is 2. The molecule has 6 aliphatic rings. The summed E-state index contributed by atoms with van der Waals surface area (Å²) < 4.78 is 0. The second-order valence-corrected chi connectivity index (χ2v) is 14.7. The van der Waals surface area contributed by atoms with Crippen LogP contribution < -0.4 is 0 Å². The minimum Gasteiger partial charge on any atom is -0.396 e. The van der Waals surface area contributed by atoms with Gasteiger partial charge in [-0.2, -0.15) is 5.26 Å². The maximum atomic E-state index is 14.3. The number of aliphatic hydroxyl groups is 2. The van der Waals surface area contributed by atoms with Crippen LogP contribution in [0, 0.1) is 55.7 Å². The second kappa shape index (κ2) is 6.80. The van der Waals surface area contributed by atoms with E-state index in [0.717, 1.165) is 56.9 Å². The van der Waals surface area contributed by atoms with E-state index in [1.807, 2.05) is 19.9 Å². The number of Topliss-reactive ketones (excluding diaryl/α,β-unsaturated/α-hetero) is 1. The Morgan fingerprint density at radius 2 is 1.61 bits per heavy atom. The van der Waals surface area contributed by atoms with Gasteiger partial charge in [0.25, 0.3) is 0 Å². The number of carbonyl (C=O) groups is 2. The van der Waals surface area contributed by atoms with Crippen molar-refractivity contribution in [2.24, 2.45) is 44.3 Å². The van der Waals surface area contributed by atoms with E-state index in [2.05, 4.69) is 26.8 Å². The minimum absolute atomic E-state index is 0.0129. The van der Waals surface area contributed by atoms with E-state index in [9.17, 15) is 25.1 Å². The summed E-state index contributed by atoms with van der Waals surface area (Å²) in [6, 6.07) is 2.15. The summed E-state index contributed by atoms with van der Waals surface area (Å²) in [6.45, 7) is 10.4. The monoisotopic (exact) mass is 491 g/mol. The molecule has 2 N–H and O–H groups in total. The Hall–Kier alpha value is -1.77. The fourth-order valence-electron chi connectivity index (χ4n) is 10.5. The van der Waals surface area contributed by atoms with Crippen LogP contribution in [-0.2, 0) is 9.59 Å². The molecule has 0 amide bonds. The topological polar surface area (TPSA) is 98.4 Å². The molecule has 0 radical (unpaired) electrons. The molecule has 6 aliphatic carbocycles. The highest BCUT2D eigenvalue weighted by atomic mass is 16.3. The number of nitriles is 1. The SMILES string of the molecule is CC1(C)C(=O)C(C#N)=C[C@]2(C)C3=CC(=O)[C@]4(O)[C@@H]5CC6(CC6)CC[C@]5(CO)CC[C@@]4(C)[C@]3(C)CC[C@@H]12. The highest BCUT2D eigenvalue weighted by Crippen LogP contribution is 2.76. The molecular formula is C31H41NO4. The summed E-state index contributed by atoms with van der Waals surface area (Å²) in [5.41, 5.74) is -2.94. The van der Waals surface area contributed by atoms with Crippen LogP contribution in [0.25, 0.3) is 0 Å². The molecule has 0 aliphatic heterocycles. The Kier molecular flexibility index (Phi) is 4.64. The fourth-order valence-corrected chi connectivity index (χ4v) is 10.5. The van der Waals surface area contributed by atoms with Crippen LogP contribution in [0.2, 0.25) is 0 Å². The summed E-state index contributed by atoms with van der Waals surface area (Å²) in [4.78, 5) is 27.5. The van der Waals surface area contributed by atoms with Gasteiger partial charge in [-0.1, -0.05) is 40.7 Å². The maximum absolute atomic E-state index is 14.3. The van der Waals surface area contributed by atoms with Gasteiger partial charge in [-0.25, -0.2) is 0 Å². The first-order valence-electron chi connectivity index (χ1n) is 14.0. The van der Waals surface area contributed by atoms with Crippen LogP contribution in [0.4, 0.5) is 0 Å². The smallest absolute Gasteiger partial charge is 0.188 e. The third-order valence-electron chi connectivity index (χ3n) is 13.2. The first kappa shape index (κ1) is 24.6. The van der Waals surface area contributed by atoms with E-state index in [1.54, 1.807) is 6.08 Å². The lowest BCUT2D eigenvalue weighted by Crippen LogP contribution is -2.74. The van der Waals surface area contributed by atoms with Crippen LogP contribution in [0.3, 0.4) is 0 Å². The molecule has 7 atom stereocenters. The zero-order valence-corrected chi connectivity index (χ0v) is 22.5. The summed E-state index contributed by atoms with van der Waals surface area (Å²) in [7, 11) is 0. The third-order valence-corrected chi connectivity index (χ3v) is 13.2. The zero-order chi connectivity index (χ0) is 26.2. The molecule has 0 saturated heterocycles. The van der Waals surface area contributed by atoms with Gasteiger partial charge in [0.05, 0.1) is 5.57 Å². The van der Waals surface area contributed by atoms with Crippen LogP contribution >= 0.6 is 0 Å². The molecule has 5 heteroatoms. The number of aliphatic hydroxyl groups excluding tert-OH is 1. The largest absolute Gasteiger partial charge is 0.396 e. The first-order chi connectivity index (χ1) is 16.7. The lowest BCUT2D eigenvalue weighted by atomic mass is 9.33. The van der Waals surface area contributed by atoms with Crippen molar-refractivity contribution < 1.29 is 19.8 Å².